The van der Waals surface area contributed by atoms with E-state index >= 15 is 0 Å². The number of nitrogens with one attached hydrogen (secondary N) is 1. The van der Waals surface area contributed by atoms with Crippen LogP contribution in [0.5, 0.6) is 0 Å². The summed E-state index contributed by atoms with van der Waals surface area (Å²) in [5.74, 6) is 0.393. The van der Waals surface area contributed by atoms with Gasteiger partial charge in [0.25, 0.3) is 11.6 Å². The molecular formula is C18H16N4O3S2. The summed E-state index contributed by atoms with van der Waals surface area (Å²) in [5, 5.41) is 22.0. The van der Waals surface area contributed by atoms with E-state index in [2.05, 4.69) is 39.8 Å². The van der Waals surface area contributed by atoms with Crippen LogP contribution in [0.25, 0.3) is 0 Å². The minimum absolute atomic E-state index is 0.0164. The zero-order valence-electron chi connectivity index (χ0n) is 14.6. The molecule has 7 nitrogen and oxygen atoms in total. The topological polar surface area (TPSA) is 98.0 Å². The molecule has 1 amide bonds. The fraction of sp³-hybridized carbons (Fsp3) is 0.167. The summed E-state index contributed by atoms with van der Waals surface area (Å²) in [7, 11) is 0. The first-order valence-corrected chi connectivity index (χ1v) is 9.81. The van der Waals surface area contributed by atoms with Crippen LogP contribution in [-0.2, 0) is 5.75 Å². The van der Waals surface area contributed by atoms with Gasteiger partial charge in [-0.1, -0.05) is 52.9 Å². The fourth-order valence-electron chi connectivity index (χ4n) is 2.32. The summed E-state index contributed by atoms with van der Waals surface area (Å²) in [4.78, 5) is 22.7. The Morgan fingerprint density at radius 2 is 1.93 bits per heavy atom. The number of amides is 1. The van der Waals surface area contributed by atoms with Gasteiger partial charge in [-0.2, -0.15) is 0 Å². The summed E-state index contributed by atoms with van der Waals surface area (Å²) >= 11 is 2.84. The van der Waals surface area contributed by atoms with Gasteiger partial charge >= 0.3 is 0 Å². The van der Waals surface area contributed by atoms with E-state index in [0.29, 0.717) is 16.3 Å². The molecule has 0 saturated heterocycles. The van der Waals surface area contributed by atoms with Crippen molar-refractivity contribution in [3.8, 4) is 0 Å². The monoisotopic (exact) mass is 400 g/mol. The Kier molecular flexibility index (Phi) is 5.82. The first kappa shape index (κ1) is 19.0. The molecule has 3 aromatic rings. The third-order valence-corrected chi connectivity index (χ3v) is 5.81. The van der Waals surface area contributed by atoms with E-state index in [1.807, 2.05) is 6.92 Å². The average Bonchev–Trinajstić information content (AvgIpc) is 3.08. The van der Waals surface area contributed by atoms with Gasteiger partial charge in [0.05, 0.1) is 4.92 Å². The Labute approximate surface area is 164 Å². The number of aromatic nitrogens is 2. The Morgan fingerprint density at radius 3 is 2.59 bits per heavy atom. The van der Waals surface area contributed by atoms with Gasteiger partial charge in [0.2, 0.25) is 5.13 Å². The van der Waals surface area contributed by atoms with Gasteiger partial charge in [0, 0.05) is 22.9 Å². The lowest BCUT2D eigenvalue weighted by Gasteiger charge is -2.03. The van der Waals surface area contributed by atoms with Crippen LogP contribution in [0.3, 0.4) is 0 Å². The number of nitro groups is 1. The summed E-state index contributed by atoms with van der Waals surface area (Å²) < 4.78 is 0.755. The van der Waals surface area contributed by atoms with Gasteiger partial charge in [0.15, 0.2) is 4.34 Å². The van der Waals surface area contributed by atoms with E-state index in [4.69, 9.17) is 0 Å². The molecular weight excluding hydrogens is 384 g/mol. The maximum atomic E-state index is 12.3. The van der Waals surface area contributed by atoms with Crippen molar-refractivity contribution >= 4 is 39.8 Å². The maximum Gasteiger partial charge on any atom is 0.272 e. The Morgan fingerprint density at radius 1 is 1.19 bits per heavy atom. The number of thioether (sulfide) groups is 1. The van der Waals surface area contributed by atoms with Crippen molar-refractivity contribution in [1.29, 1.82) is 0 Å². The molecule has 0 aliphatic heterocycles. The molecule has 0 bridgehead atoms. The number of nitrogens with zero attached hydrogens (tertiary/aromatic N) is 3. The van der Waals surface area contributed by atoms with Gasteiger partial charge in [-0.15, -0.1) is 10.2 Å². The number of anilines is 1. The molecule has 0 saturated carbocycles. The fourth-order valence-corrected chi connectivity index (χ4v) is 4.02. The number of nitro benzene ring substituents is 1. The highest BCUT2D eigenvalue weighted by Gasteiger charge is 2.15. The van der Waals surface area contributed by atoms with Crippen molar-refractivity contribution in [2.45, 2.75) is 23.9 Å². The van der Waals surface area contributed by atoms with Crippen molar-refractivity contribution in [3.63, 3.8) is 0 Å². The van der Waals surface area contributed by atoms with Gasteiger partial charge in [0.1, 0.15) is 0 Å². The van der Waals surface area contributed by atoms with Crippen LogP contribution in [0.4, 0.5) is 10.8 Å². The van der Waals surface area contributed by atoms with Gasteiger partial charge in [-0.05, 0) is 31.5 Å². The number of carbonyl (C=O) groups is 1. The molecule has 1 aromatic heterocycles. The number of hydrogen-bond acceptors (Lipinski definition) is 7. The van der Waals surface area contributed by atoms with E-state index in [0.717, 1.165) is 10.1 Å². The van der Waals surface area contributed by atoms with Crippen molar-refractivity contribution in [2.75, 3.05) is 5.32 Å². The van der Waals surface area contributed by atoms with Crippen molar-refractivity contribution in [1.82, 2.24) is 10.2 Å². The van der Waals surface area contributed by atoms with Gasteiger partial charge in [-0.25, -0.2) is 0 Å². The third kappa shape index (κ3) is 4.89. The van der Waals surface area contributed by atoms with E-state index in [-0.39, 0.29) is 11.6 Å². The molecule has 0 atom stereocenters. The lowest BCUT2D eigenvalue weighted by molar-refractivity contribution is -0.385. The normalized spacial score (nSPS) is 10.6. The summed E-state index contributed by atoms with van der Waals surface area (Å²) in [6.07, 6.45) is 0. The molecule has 27 heavy (non-hydrogen) atoms. The van der Waals surface area contributed by atoms with E-state index in [1.54, 1.807) is 18.7 Å². The lowest BCUT2D eigenvalue weighted by Crippen LogP contribution is -2.12. The van der Waals surface area contributed by atoms with Crippen LogP contribution in [0.2, 0.25) is 0 Å². The molecule has 138 valence electrons. The smallest absolute Gasteiger partial charge is 0.272 e. The maximum absolute atomic E-state index is 12.3. The van der Waals surface area contributed by atoms with Crippen LogP contribution in [-0.4, -0.2) is 21.0 Å². The zero-order chi connectivity index (χ0) is 19.4. The second kappa shape index (κ2) is 8.28. The molecule has 0 fully saturated rings. The molecule has 0 spiro atoms. The minimum Gasteiger partial charge on any atom is -0.296 e. The molecule has 2 aromatic carbocycles. The molecule has 0 aliphatic rings. The lowest BCUT2D eigenvalue weighted by atomic mass is 10.1. The average molecular weight is 400 g/mol. The standard InChI is InChI=1S/C18H16N4O3S2/c1-11-3-5-13(6-4-11)10-26-18-21-20-17(27-18)19-16(23)14-7-8-15(22(24)25)12(2)9-14/h3-9H,10H2,1-2H3,(H,19,20,23). The molecule has 0 unspecified atom stereocenters. The zero-order valence-corrected chi connectivity index (χ0v) is 16.3. The van der Waals surface area contributed by atoms with E-state index < -0.39 is 4.92 Å². The first-order valence-electron chi connectivity index (χ1n) is 8.00. The molecule has 1 heterocycles. The van der Waals surface area contributed by atoms with Crippen molar-refractivity contribution in [3.05, 3.63) is 74.8 Å². The Balaban J connectivity index is 1.61. The number of rotatable bonds is 6. The van der Waals surface area contributed by atoms with Gasteiger partial charge < -0.3 is 0 Å². The molecule has 0 radical (unpaired) electrons. The summed E-state index contributed by atoms with van der Waals surface area (Å²) in [6, 6.07) is 12.5. The van der Waals surface area contributed by atoms with E-state index in [1.165, 1.54) is 40.7 Å². The predicted octanol–water partition coefficient (Wildman–Crippen LogP) is 4.61. The third-order valence-electron chi connectivity index (χ3n) is 3.77. The van der Waals surface area contributed by atoms with Crippen LogP contribution in [0.1, 0.15) is 27.0 Å². The molecule has 9 heteroatoms. The molecule has 0 aliphatic carbocycles. The van der Waals surface area contributed by atoms with Crippen molar-refractivity contribution < 1.29 is 9.72 Å². The van der Waals surface area contributed by atoms with Gasteiger partial charge in [-0.3, -0.25) is 20.2 Å². The largest absolute Gasteiger partial charge is 0.296 e. The Bertz CT molecular complexity index is 987. The number of carbonyl (C=O) groups excluding carboxylic acids is 1. The quantitative estimate of drug-likeness (QED) is 0.281. The summed E-state index contributed by atoms with van der Waals surface area (Å²) in [5.41, 5.74) is 3.15. The van der Waals surface area contributed by atoms with Crippen LogP contribution in [0, 0.1) is 24.0 Å². The predicted molar refractivity (Wildman–Crippen MR) is 106 cm³/mol. The highest BCUT2D eigenvalue weighted by atomic mass is 32.2. The first-order chi connectivity index (χ1) is 12.9. The number of benzene rings is 2. The second-order valence-corrected chi connectivity index (χ2v) is 8.06. The van der Waals surface area contributed by atoms with Crippen LogP contribution >= 0.6 is 23.1 Å². The van der Waals surface area contributed by atoms with Crippen molar-refractivity contribution in [2.24, 2.45) is 0 Å². The highest BCUT2D eigenvalue weighted by molar-refractivity contribution is 8.00. The highest BCUT2D eigenvalue weighted by Crippen LogP contribution is 2.29. The molecule has 1 N–H and O–H groups in total. The number of aryl methyl sites for hydroxylation is 2. The minimum atomic E-state index is -0.473. The van der Waals surface area contributed by atoms with Crippen LogP contribution < -0.4 is 5.32 Å². The second-order valence-electron chi connectivity index (χ2n) is 5.86. The SMILES string of the molecule is Cc1ccc(CSc2nnc(NC(=O)c3ccc([N+](=O)[O-])c(C)c3)s2)cc1. The van der Waals surface area contributed by atoms with Crippen LogP contribution in [0.15, 0.2) is 46.8 Å². The van der Waals surface area contributed by atoms with E-state index in [9.17, 15) is 14.9 Å². The number of hydrogen-bond donors (Lipinski definition) is 1. The summed E-state index contributed by atoms with van der Waals surface area (Å²) in [6.45, 7) is 3.64. The Hall–Kier alpha value is -2.78. The molecule has 3 rings (SSSR count).